The van der Waals surface area contributed by atoms with Crippen molar-refractivity contribution in [3.63, 3.8) is 0 Å². The van der Waals surface area contributed by atoms with Gasteiger partial charge in [0.25, 0.3) is 11.9 Å². The van der Waals surface area contributed by atoms with Gasteiger partial charge in [0.2, 0.25) is 0 Å². The quantitative estimate of drug-likeness (QED) is 0.589. The molecule has 2 aliphatic rings. The molecule has 1 saturated carbocycles. The molecule has 0 unspecified atom stereocenters. The minimum absolute atomic E-state index is 0.0462. The number of piperazine rings is 1. The van der Waals surface area contributed by atoms with Crippen molar-refractivity contribution in [3.05, 3.63) is 41.8 Å². The summed E-state index contributed by atoms with van der Waals surface area (Å²) in [4.78, 5) is 30.2. The monoisotopic (exact) mass is 450 g/mol. The van der Waals surface area contributed by atoms with E-state index in [9.17, 15) is 10.0 Å². The number of anilines is 1. The first kappa shape index (κ1) is 21.4. The second-order valence-electron chi connectivity index (χ2n) is 8.93. The highest BCUT2D eigenvalue weighted by Gasteiger charge is 2.26. The van der Waals surface area contributed by atoms with Crippen LogP contribution in [-0.4, -0.2) is 75.6 Å². The fourth-order valence-electron chi connectivity index (χ4n) is 4.75. The Morgan fingerprint density at radius 1 is 1.21 bits per heavy atom. The van der Waals surface area contributed by atoms with Crippen molar-refractivity contribution in [2.24, 2.45) is 4.99 Å². The highest BCUT2D eigenvalue weighted by atomic mass is 16.5. The van der Waals surface area contributed by atoms with Crippen LogP contribution in [0.25, 0.3) is 11.0 Å². The van der Waals surface area contributed by atoms with Gasteiger partial charge in [-0.05, 0) is 31.0 Å². The van der Waals surface area contributed by atoms with Crippen LogP contribution in [0.1, 0.15) is 42.2 Å². The van der Waals surface area contributed by atoms with E-state index < -0.39 is 0 Å². The van der Waals surface area contributed by atoms with Gasteiger partial charge >= 0.3 is 0 Å². The first-order chi connectivity index (χ1) is 16.0. The van der Waals surface area contributed by atoms with Crippen LogP contribution >= 0.6 is 0 Å². The van der Waals surface area contributed by atoms with Crippen molar-refractivity contribution >= 4 is 28.6 Å². The van der Waals surface area contributed by atoms with Crippen molar-refractivity contribution in [2.45, 2.75) is 31.7 Å². The second-order valence-corrected chi connectivity index (χ2v) is 8.93. The number of amides is 1. The Bertz CT molecular complexity index is 1230. The van der Waals surface area contributed by atoms with Gasteiger partial charge in [0.15, 0.2) is 5.49 Å². The van der Waals surface area contributed by atoms with Gasteiger partial charge in [-0.25, -0.2) is 4.98 Å². The lowest BCUT2D eigenvalue weighted by Gasteiger charge is -2.29. The fraction of sp³-hybridized carbons (Fsp3) is 0.478. The SMILES string of the molecule is CN(C)C(=O)c1cc2cnc(/N=c3/ccc(N4CCNCC4)cn3O)nc2n1C1CCCC1. The van der Waals surface area contributed by atoms with Gasteiger partial charge < -0.3 is 24.9 Å². The smallest absolute Gasteiger partial charge is 0.270 e. The molecule has 3 aromatic heterocycles. The van der Waals surface area contributed by atoms with E-state index in [0.717, 1.165) is 67.7 Å². The summed E-state index contributed by atoms with van der Waals surface area (Å²) in [5.41, 5.74) is 2.63. The van der Waals surface area contributed by atoms with Gasteiger partial charge in [-0.3, -0.25) is 4.79 Å². The average molecular weight is 451 g/mol. The highest BCUT2D eigenvalue weighted by Crippen LogP contribution is 2.34. The first-order valence-electron chi connectivity index (χ1n) is 11.5. The van der Waals surface area contributed by atoms with Gasteiger partial charge in [-0.15, -0.1) is 0 Å². The molecule has 33 heavy (non-hydrogen) atoms. The maximum absolute atomic E-state index is 12.9. The second kappa shape index (κ2) is 8.86. The molecule has 0 atom stereocenters. The Hall–Kier alpha value is -3.40. The standard InChI is InChI=1S/C23H30N8O2/c1-28(2)22(32)19-13-16-14-25-23(27-21(16)31(19)17-5-3-4-6-17)26-20-8-7-18(15-30(20)33)29-11-9-24-10-12-29/h7-8,13-15,17,24,33H,3-6,9-12H2,1-2H3/b26-20-. The van der Waals surface area contributed by atoms with E-state index in [0.29, 0.717) is 16.8 Å². The van der Waals surface area contributed by atoms with Crippen LogP contribution in [-0.2, 0) is 0 Å². The Kier molecular flexibility index (Phi) is 5.76. The fourth-order valence-corrected chi connectivity index (χ4v) is 4.75. The predicted molar refractivity (Wildman–Crippen MR) is 125 cm³/mol. The zero-order valence-corrected chi connectivity index (χ0v) is 19.1. The third kappa shape index (κ3) is 4.18. The van der Waals surface area contributed by atoms with E-state index in [4.69, 9.17) is 4.98 Å². The normalized spacial score (nSPS) is 17.8. The van der Waals surface area contributed by atoms with Crippen LogP contribution < -0.4 is 15.7 Å². The predicted octanol–water partition coefficient (Wildman–Crippen LogP) is 1.93. The minimum atomic E-state index is -0.0462. The Morgan fingerprint density at radius 2 is 1.97 bits per heavy atom. The van der Waals surface area contributed by atoms with Crippen LogP contribution in [0.3, 0.4) is 0 Å². The molecular weight excluding hydrogens is 420 g/mol. The van der Waals surface area contributed by atoms with Gasteiger partial charge in [0.1, 0.15) is 11.3 Å². The van der Waals surface area contributed by atoms with E-state index in [1.165, 1.54) is 0 Å². The third-order valence-electron chi connectivity index (χ3n) is 6.47. The molecule has 10 heteroatoms. The molecule has 5 rings (SSSR count). The summed E-state index contributed by atoms with van der Waals surface area (Å²) in [5, 5.41) is 14.7. The number of hydrogen-bond donors (Lipinski definition) is 2. The Labute approximate surface area is 192 Å². The van der Waals surface area contributed by atoms with Crippen molar-refractivity contribution < 1.29 is 10.0 Å². The average Bonchev–Trinajstić information content (AvgIpc) is 3.47. The van der Waals surface area contributed by atoms with Crippen molar-refractivity contribution in [3.8, 4) is 0 Å². The molecule has 1 saturated heterocycles. The molecule has 10 nitrogen and oxygen atoms in total. The van der Waals surface area contributed by atoms with Crippen LogP contribution in [0.15, 0.2) is 35.6 Å². The van der Waals surface area contributed by atoms with Crippen molar-refractivity contribution in [1.29, 1.82) is 0 Å². The molecule has 2 N–H and O–H groups in total. The van der Waals surface area contributed by atoms with Crippen LogP contribution in [0.4, 0.5) is 11.6 Å². The molecule has 0 bridgehead atoms. The van der Waals surface area contributed by atoms with E-state index >= 15 is 0 Å². The number of rotatable bonds is 4. The topological polar surface area (TPSA) is 104 Å². The number of pyridine rings is 1. The molecule has 0 radical (unpaired) electrons. The molecule has 174 valence electrons. The molecule has 3 aromatic rings. The summed E-state index contributed by atoms with van der Waals surface area (Å²) < 4.78 is 3.08. The lowest BCUT2D eigenvalue weighted by Crippen LogP contribution is -2.43. The van der Waals surface area contributed by atoms with Gasteiger partial charge in [0, 0.05) is 57.9 Å². The van der Waals surface area contributed by atoms with Crippen LogP contribution in [0, 0.1) is 0 Å². The van der Waals surface area contributed by atoms with E-state index in [1.54, 1.807) is 37.5 Å². The number of fused-ring (bicyclic) bond motifs is 1. The van der Waals surface area contributed by atoms with E-state index in [1.807, 2.05) is 12.1 Å². The van der Waals surface area contributed by atoms with Crippen molar-refractivity contribution in [1.82, 2.24) is 29.5 Å². The lowest BCUT2D eigenvalue weighted by atomic mass is 10.2. The summed E-state index contributed by atoms with van der Waals surface area (Å²) in [6.07, 6.45) is 7.71. The van der Waals surface area contributed by atoms with E-state index in [-0.39, 0.29) is 17.9 Å². The zero-order chi connectivity index (χ0) is 22.9. The summed E-state index contributed by atoms with van der Waals surface area (Å²) in [5.74, 6) is 0.205. The number of hydrogen-bond acceptors (Lipinski definition) is 7. The number of carbonyl (C=O) groups is 1. The number of nitrogens with zero attached hydrogens (tertiary/aromatic N) is 7. The van der Waals surface area contributed by atoms with Gasteiger partial charge in [0.05, 0.1) is 11.9 Å². The summed E-state index contributed by atoms with van der Waals surface area (Å²) in [6, 6.07) is 5.82. The first-order valence-corrected chi connectivity index (χ1v) is 11.5. The molecule has 1 aliphatic heterocycles. The summed E-state index contributed by atoms with van der Waals surface area (Å²) in [6.45, 7) is 3.62. The molecular formula is C23H30N8O2. The number of aromatic nitrogens is 4. The lowest BCUT2D eigenvalue weighted by molar-refractivity contribution is 0.0815. The third-order valence-corrected chi connectivity index (χ3v) is 6.47. The molecule has 1 aliphatic carbocycles. The molecule has 4 heterocycles. The van der Waals surface area contributed by atoms with Gasteiger partial charge in [-0.1, -0.05) is 12.8 Å². The maximum atomic E-state index is 12.9. The highest BCUT2D eigenvalue weighted by molar-refractivity contribution is 5.97. The molecule has 0 aromatic carbocycles. The molecule has 1 amide bonds. The van der Waals surface area contributed by atoms with Crippen LogP contribution in [0.2, 0.25) is 0 Å². The summed E-state index contributed by atoms with van der Waals surface area (Å²) >= 11 is 0. The Balaban J connectivity index is 1.54. The number of carbonyl (C=O) groups excluding carboxylic acids is 1. The minimum Gasteiger partial charge on any atom is -0.427 e. The number of nitrogens with one attached hydrogen (secondary N) is 1. The zero-order valence-electron chi connectivity index (χ0n) is 19.1. The van der Waals surface area contributed by atoms with Crippen molar-refractivity contribution in [2.75, 3.05) is 45.2 Å². The Morgan fingerprint density at radius 3 is 2.67 bits per heavy atom. The van der Waals surface area contributed by atoms with E-state index in [2.05, 4.69) is 24.8 Å². The summed E-state index contributed by atoms with van der Waals surface area (Å²) in [7, 11) is 3.52. The van der Waals surface area contributed by atoms with Crippen LogP contribution in [0.5, 0.6) is 0 Å². The maximum Gasteiger partial charge on any atom is 0.270 e. The molecule has 2 fully saturated rings. The van der Waals surface area contributed by atoms with Gasteiger partial charge in [-0.2, -0.15) is 14.7 Å². The largest absolute Gasteiger partial charge is 0.427 e. The molecule has 0 spiro atoms.